The molecule has 4 heteroatoms. The second kappa shape index (κ2) is 8.30. The van der Waals surface area contributed by atoms with Gasteiger partial charge in [0.25, 0.3) is 0 Å². The highest BCUT2D eigenvalue weighted by Gasteiger charge is 2.08. The van der Waals surface area contributed by atoms with Gasteiger partial charge in [-0.15, -0.1) is 0 Å². The first-order valence-corrected chi connectivity index (χ1v) is 8.27. The van der Waals surface area contributed by atoms with Crippen molar-refractivity contribution >= 4 is 5.71 Å². The fourth-order valence-electron chi connectivity index (χ4n) is 2.61. The molecule has 0 atom stereocenters. The van der Waals surface area contributed by atoms with E-state index in [1.54, 1.807) is 26.4 Å². The second-order valence-corrected chi connectivity index (χ2v) is 5.75. The van der Waals surface area contributed by atoms with E-state index in [9.17, 15) is 4.39 Å². The molecule has 3 aromatic rings. The predicted molar refractivity (Wildman–Crippen MR) is 102 cm³/mol. The third kappa shape index (κ3) is 4.28. The van der Waals surface area contributed by atoms with Crippen LogP contribution in [0.1, 0.15) is 16.7 Å². The molecule has 0 fully saturated rings. The summed E-state index contributed by atoms with van der Waals surface area (Å²) < 4.78 is 23.6. The van der Waals surface area contributed by atoms with Gasteiger partial charge < -0.3 is 9.47 Å². The summed E-state index contributed by atoms with van der Waals surface area (Å²) in [4.78, 5) is 4.79. The van der Waals surface area contributed by atoms with Gasteiger partial charge in [-0.1, -0.05) is 12.1 Å². The van der Waals surface area contributed by atoms with E-state index in [1.807, 2.05) is 48.5 Å². The molecule has 0 N–H and O–H groups in total. The molecule has 0 amide bonds. The van der Waals surface area contributed by atoms with Crippen molar-refractivity contribution in [2.75, 3.05) is 14.2 Å². The lowest BCUT2D eigenvalue weighted by molar-refractivity contribution is 0.414. The highest BCUT2D eigenvalue weighted by Crippen LogP contribution is 2.19. The van der Waals surface area contributed by atoms with Crippen molar-refractivity contribution in [2.24, 2.45) is 4.99 Å². The molecule has 0 unspecified atom stereocenters. The van der Waals surface area contributed by atoms with E-state index in [0.717, 1.165) is 33.9 Å². The molecule has 0 heterocycles. The van der Waals surface area contributed by atoms with Crippen LogP contribution in [0.15, 0.2) is 77.8 Å². The Morgan fingerprint density at radius 2 is 1.19 bits per heavy atom. The molecule has 0 spiro atoms. The van der Waals surface area contributed by atoms with E-state index in [2.05, 4.69) is 0 Å². The summed E-state index contributed by atoms with van der Waals surface area (Å²) in [6, 6.07) is 21.9. The smallest absolute Gasteiger partial charge is 0.123 e. The molecule has 0 saturated carbocycles. The summed E-state index contributed by atoms with van der Waals surface area (Å²) in [5.41, 5.74) is 3.78. The molecule has 0 aromatic heterocycles. The minimum Gasteiger partial charge on any atom is -0.497 e. The van der Waals surface area contributed by atoms with Crippen LogP contribution in [0.4, 0.5) is 4.39 Å². The standard InChI is InChI=1S/C22H20FNO2/c1-25-20-11-5-17(6-12-20)22(18-7-13-21(26-2)14-8-18)24-15-16-3-9-19(23)10-4-16/h3-14H,15H2,1-2H3. The average molecular weight is 349 g/mol. The van der Waals surface area contributed by atoms with E-state index in [-0.39, 0.29) is 5.82 Å². The Balaban J connectivity index is 1.96. The SMILES string of the molecule is COc1ccc(C(=NCc2ccc(F)cc2)c2ccc(OC)cc2)cc1. The fraction of sp³-hybridized carbons (Fsp3) is 0.136. The zero-order valence-electron chi connectivity index (χ0n) is 14.8. The van der Waals surface area contributed by atoms with Gasteiger partial charge in [-0.2, -0.15) is 0 Å². The van der Waals surface area contributed by atoms with E-state index in [0.29, 0.717) is 6.54 Å². The van der Waals surface area contributed by atoms with Crippen LogP contribution in [-0.2, 0) is 6.54 Å². The number of methoxy groups -OCH3 is 2. The second-order valence-electron chi connectivity index (χ2n) is 5.75. The Kier molecular flexibility index (Phi) is 5.64. The monoisotopic (exact) mass is 349 g/mol. The van der Waals surface area contributed by atoms with Gasteiger partial charge in [0, 0.05) is 11.1 Å². The van der Waals surface area contributed by atoms with Gasteiger partial charge in [0.1, 0.15) is 17.3 Å². The lowest BCUT2D eigenvalue weighted by Gasteiger charge is -2.10. The van der Waals surface area contributed by atoms with Crippen molar-refractivity contribution in [3.8, 4) is 11.5 Å². The number of aliphatic imine (C=N–C) groups is 1. The van der Waals surface area contributed by atoms with Gasteiger partial charge >= 0.3 is 0 Å². The van der Waals surface area contributed by atoms with E-state index >= 15 is 0 Å². The van der Waals surface area contributed by atoms with E-state index < -0.39 is 0 Å². The predicted octanol–water partition coefficient (Wildman–Crippen LogP) is 4.88. The molecule has 0 saturated heterocycles. The minimum absolute atomic E-state index is 0.247. The number of hydrogen-bond donors (Lipinski definition) is 0. The molecule has 0 radical (unpaired) electrons. The van der Waals surface area contributed by atoms with Crippen molar-refractivity contribution in [3.05, 3.63) is 95.3 Å². The maximum atomic E-state index is 13.1. The number of rotatable bonds is 6. The van der Waals surface area contributed by atoms with Crippen LogP contribution in [0.5, 0.6) is 11.5 Å². The van der Waals surface area contributed by atoms with Gasteiger partial charge in [0.2, 0.25) is 0 Å². The molecule has 3 nitrogen and oxygen atoms in total. The molecule has 0 aliphatic carbocycles. The van der Waals surface area contributed by atoms with E-state index in [4.69, 9.17) is 14.5 Å². The van der Waals surface area contributed by atoms with Crippen LogP contribution >= 0.6 is 0 Å². The highest BCUT2D eigenvalue weighted by atomic mass is 19.1. The van der Waals surface area contributed by atoms with Crippen molar-refractivity contribution in [1.82, 2.24) is 0 Å². The lowest BCUT2D eigenvalue weighted by atomic mass is 10.0. The number of nitrogens with zero attached hydrogens (tertiary/aromatic N) is 1. The molecule has 0 bridgehead atoms. The zero-order chi connectivity index (χ0) is 18.4. The van der Waals surface area contributed by atoms with E-state index in [1.165, 1.54) is 12.1 Å². The number of ether oxygens (including phenoxy) is 2. The minimum atomic E-state index is -0.247. The maximum Gasteiger partial charge on any atom is 0.123 e. The quantitative estimate of drug-likeness (QED) is 0.594. The summed E-state index contributed by atoms with van der Waals surface area (Å²) in [5.74, 6) is 1.34. The number of halogens is 1. The summed E-state index contributed by atoms with van der Waals surface area (Å²) in [7, 11) is 3.28. The van der Waals surface area contributed by atoms with Crippen LogP contribution in [0.25, 0.3) is 0 Å². The third-order valence-corrected chi connectivity index (χ3v) is 4.06. The molecule has 3 rings (SSSR count). The third-order valence-electron chi connectivity index (χ3n) is 4.06. The van der Waals surface area contributed by atoms with Crippen molar-refractivity contribution in [1.29, 1.82) is 0 Å². The summed E-state index contributed by atoms with van der Waals surface area (Å²) in [6.07, 6.45) is 0. The summed E-state index contributed by atoms with van der Waals surface area (Å²) in [6.45, 7) is 0.466. The molecule has 26 heavy (non-hydrogen) atoms. The largest absolute Gasteiger partial charge is 0.497 e. The van der Waals surface area contributed by atoms with Gasteiger partial charge in [0.05, 0.1) is 26.5 Å². The van der Waals surface area contributed by atoms with Crippen LogP contribution in [0.3, 0.4) is 0 Å². The normalized spacial score (nSPS) is 10.3. The van der Waals surface area contributed by atoms with Gasteiger partial charge in [-0.25, -0.2) is 4.39 Å². The van der Waals surface area contributed by atoms with Crippen LogP contribution in [0, 0.1) is 5.82 Å². The molecule has 3 aromatic carbocycles. The first kappa shape index (κ1) is 17.7. The summed E-state index contributed by atoms with van der Waals surface area (Å²) >= 11 is 0. The Labute approximate surface area is 152 Å². The number of hydrogen-bond acceptors (Lipinski definition) is 3. The van der Waals surface area contributed by atoms with Gasteiger partial charge in [0.15, 0.2) is 0 Å². The van der Waals surface area contributed by atoms with Gasteiger partial charge in [-0.3, -0.25) is 4.99 Å². The Morgan fingerprint density at radius 3 is 1.62 bits per heavy atom. The van der Waals surface area contributed by atoms with Crippen LogP contribution < -0.4 is 9.47 Å². The van der Waals surface area contributed by atoms with Crippen molar-refractivity contribution in [2.45, 2.75) is 6.54 Å². The first-order valence-electron chi connectivity index (χ1n) is 8.27. The van der Waals surface area contributed by atoms with Crippen LogP contribution in [-0.4, -0.2) is 19.9 Å². The topological polar surface area (TPSA) is 30.8 Å². The highest BCUT2D eigenvalue weighted by molar-refractivity contribution is 6.13. The first-order chi connectivity index (χ1) is 12.7. The van der Waals surface area contributed by atoms with Crippen LogP contribution in [0.2, 0.25) is 0 Å². The molecule has 132 valence electrons. The fourth-order valence-corrected chi connectivity index (χ4v) is 2.61. The molecular weight excluding hydrogens is 329 g/mol. The Bertz CT molecular complexity index is 820. The molecular formula is C22H20FNO2. The molecule has 0 aliphatic rings. The molecule has 0 aliphatic heterocycles. The summed E-state index contributed by atoms with van der Waals surface area (Å²) in [5, 5.41) is 0. The zero-order valence-corrected chi connectivity index (χ0v) is 14.8. The Hall–Kier alpha value is -3.14. The Morgan fingerprint density at radius 1 is 0.731 bits per heavy atom. The van der Waals surface area contributed by atoms with Gasteiger partial charge in [-0.05, 0) is 66.2 Å². The van der Waals surface area contributed by atoms with Crippen molar-refractivity contribution in [3.63, 3.8) is 0 Å². The average Bonchev–Trinajstić information content (AvgIpc) is 2.70. The maximum absolute atomic E-state index is 13.1. The number of benzene rings is 3. The lowest BCUT2D eigenvalue weighted by Crippen LogP contribution is -2.04. The van der Waals surface area contributed by atoms with Crippen molar-refractivity contribution < 1.29 is 13.9 Å².